The fourth-order valence-electron chi connectivity index (χ4n) is 2.99. The normalized spacial score (nSPS) is 11.8. The first-order chi connectivity index (χ1) is 13.7. The third-order valence-electron chi connectivity index (χ3n) is 4.36. The zero-order valence-electron chi connectivity index (χ0n) is 15.4. The molecule has 0 aliphatic heterocycles. The van der Waals surface area contributed by atoms with Gasteiger partial charge in [0.1, 0.15) is 11.5 Å². The topological polar surface area (TPSA) is 88.5 Å². The van der Waals surface area contributed by atoms with Crippen molar-refractivity contribution in [2.45, 2.75) is 13.1 Å². The average Bonchev–Trinajstić information content (AvgIpc) is 3.24. The Morgan fingerprint density at radius 2 is 1.97 bits per heavy atom. The molecule has 4 aromatic rings. The molecule has 4 aromatic heterocycles. The third-order valence-corrected chi connectivity index (χ3v) is 4.36. The number of anilines is 1. The van der Waals surface area contributed by atoms with Crippen LogP contribution in [0.3, 0.4) is 0 Å². The van der Waals surface area contributed by atoms with E-state index in [-0.39, 0.29) is 11.5 Å². The van der Waals surface area contributed by atoms with E-state index in [1.54, 1.807) is 18.5 Å². The van der Waals surface area contributed by atoms with Crippen molar-refractivity contribution in [3.05, 3.63) is 59.8 Å². The number of pyridine rings is 2. The lowest BCUT2D eigenvalue weighted by Gasteiger charge is -2.04. The van der Waals surface area contributed by atoms with Crippen LogP contribution in [0.5, 0.6) is 0 Å². The van der Waals surface area contributed by atoms with Gasteiger partial charge in [-0.25, -0.2) is 4.98 Å². The summed E-state index contributed by atoms with van der Waals surface area (Å²) in [5, 5.41) is 6.93. The molecule has 148 valence electrons. The second-order valence-corrected chi connectivity index (χ2v) is 6.52. The van der Waals surface area contributed by atoms with Crippen LogP contribution < -0.4 is 5.32 Å². The predicted molar refractivity (Wildman–Crippen MR) is 100 cm³/mol. The van der Waals surface area contributed by atoms with Crippen molar-refractivity contribution in [3.63, 3.8) is 0 Å². The van der Waals surface area contributed by atoms with Gasteiger partial charge < -0.3 is 10.3 Å². The number of rotatable bonds is 3. The molecule has 0 spiro atoms. The molecule has 2 N–H and O–H groups in total. The van der Waals surface area contributed by atoms with Gasteiger partial charge in [0.05, 0.1) is 5.52 Å². The van der Waals surface area contributed by atoms with Gasteiger partial charge in [-0.3, -0.25) is 14.5 Å². The number of aromatic nitrogens is 5. The molecule has 0 unspecified atom stereocenters. The van der Waals surface area contributed by atoms with Crippen molar-refractivity contribution in [3.8, 4) is 11.3 Å². The van der Waals surface area contributed by atoms with Crippen LogP contribution in [0.4, 0.5) is 19.0 Å². The fraction of sp³-hybridized carbons (Fsp3) is 0.158. The molecule has 0 fully saturated rings. The summed E-state index contributed by atoms with van der Waals surface area (Å²) in [5.41, 5.74) is 2.05. The van der Waals surface area contributed by atoms with E-state index < -0.39 is 17.8 Å². The average molecular weight is 400 g/mol. The van der Waals surface area contributed by atoms with Crippen LogP contribution in [-0.2, 0) is 13.2 Å². The summed E-state index contributed by atoms with van der Waals surface area (Å²) in [6.45, 7) is 1.89. The van der Waals surface area contributed by atoms with Crippen molar-refractivity contribution in [2.75, 3.05) is 5.32 Å². The molecule has 4 rings (SSSR count). The highest BCUT2D eigenvalue weighted by molar-refractivity contribution is 6.03. The Kier molecular flexibility index (Phi) is 4.33. The fourth-order valence-corrected chi connectivity index (χ4v) is 2.99. The van der Waals surface area contributed by atoms with E-state index in [1.165, 1.54) is 0 Å². The largest absolute Gasteiger partial charge is 0.433 e. The van der Waals surface area contributed by atoms with E-state index in [2.05, 4.69) is 25.4 Å². The maximum absolute atomic E-state index is 12.9. The highest BCUT2D eigenvalue weighted by atomic mass is 19.4. The highest BCUT2D eigenvalue weighted by Gasteiger charge is 2.35. The number of hydrogen-bond acceptors (Lipinski definition) is 4. The van der Waals surface area contributed by atoms with Gasteiger partial charge >= 0.3 is 6.18 Å². The number of nitrogens with zero attached hydrogens (tertiary/aromatic N) is 4. The molecule has 0 aliphatic rings. The molecule has 0 bridgehead atoms. The van der Waals surface area contributed by atoms with Gasteiger partial charge in [-0.1, -0.05) is 0 Å². The minimum atomic E-state index is -4.59. The van der Waals surface area contributed by atoms with Gasteiger partial charge in [0.25, 0.3) is 5.91 Å². The van der Waals surface area contributed by atoms with Crippen LogP contribution in [0.2, 0.25) is 0 Å². The van der Waals surface area contributed by atoms with Crippen LogP contribution in [0.15, 0.2) is 42.7 Å². The maximum atomic E-state index is 12.9. The van der Waals surface area contributed by atoms with Crippen LogP contribution in [0.25, 0.3) is 22.2 Å². The number of aryl methyl sites for hydroxylation is 2. The summed E-state index contributed by atoms with van der Waals surface area (Å²) in [6.07, 6.45) is -1.32. The smallest absolute Gasteiger partial charge is 0.354 e. The Morgan fingerprint density at radius 3 is 2.66 bits per heavy atom. The third kappa shape index (κ3) is 3.68. The Bertz CT molecular complexity index is 1220. The van der Waals surface area contributed by atoms with Gasteiger partial charge in [0.15, 0.2) is 5.69 Å². The summed E-state index contributed by atoms with van der Waals surface area (Å²) < 4.78 is 39.3. The minimum absolute atomic E-state index is 0.195. The number of hydrogen-bond donors (Lipinski definition) is 2. The lowest BCUT2D eigenvalue weighted by Crippen LogP contribution is -2.14. The van der Waals surface area contributed by atoms with Crippen molar-refractivity contribution in [2.24, 2.45) is 7.05 Å². The Labute approximate surface area is 162 Å². The van der Waals surface area contributed by atoms with Crippen molar-refractivity contribution in [1.29, 1.82) is 0 Å². The molecule has 0 aromatic carbocycles. The number of H-pyrrole nitrogens is 1. The first kappa shape index (κ1) is 18.7. The Morgan fingerprint density at radius 1 is 1.17 bits per heavy atom. The number of aromatic amines is 1. The number of carbonyl (C=O) groups excluding carboxylic acids is 1. The van der Waals surface area contributed by atoms with Gasteiger partial charge in [0.2, 0.25) is 0 Å². The number of amides is 1. The molecule has 1 amide bonds. The van der Waals surface area contributed by atoms with Crippen LogP contribution in [0.1, 0.15) is 21.9 Å². The SMILES string of the molecule is Cc1cc(-c2cc3cnc(NC(=O)c4cc(C(F)(F)F)n(C)n4)cc3[nH]2)ccn1. The molecule has 10 heteroatoms. The molecular formula is C19H15F3N6O. The summed E-state index contributed by atoms with van der Waals surface area (Å²) in [5.74, 6) is -0.583. The molecule has 0 aliphatic carbocycles. The summed E-state index contributed by atoms with van der Waals surface area (Å²) >= 11 is 0. The van der Waals surface area contributed by atoms with Crippen LogP contribution in [0, 0.1) is 6.92 Å². The predicted octanol–water partition coefficient (Wildman–Crippen LogP) is 3.94. The lowest BCUT2D eigenvalue weighted by atomic mass is 10.2. The number of halogens is 3. The summed E-state index contributed by atoms with van der Waals surface area (Å²) in [6, 6.07) is 8.02. The van der Waals surface area contributed by atoms with Crippen molar-refractivity contribution >= 4 is 22.6 Å². The molecule has 0 saturated heterocycles. The van der Waals surface area contributed by atoms with E-state index in [0.29, 0.717) is 10.7 Å². The minimum Gasteiger partial charge on any atom is -0.354 e. The van der Waals surface area contributed by atoms with Crippen molar-refractivity contribution < 1.29 is 18.0 Å². The second kappa shape index (κ2) is 6.73. The molecule has 0 saturated carbocycles. The number of nitrogens with one attached hydrogen (secondary N) is 2. The Balaban J connectivity index is 1.59. The van der Waals surface area contributed by atoms with Gasteiger partial charge in [-0.05, 0) is 25.1 Å². The second-order valence-electron chi connectivity index (χ2n) is 6.52. The molecular weight excluding hydrogens is 385 g/mol. The van der Waals surface area contributed by atoms with Crippen LogP contribution in [-0.4, -0.2) is 30.6 Å². The molecule has 7 nitrogen and oxygen atoms in total. The van der Waals surface area contributed by atoms with Gasteiger partial charge in [-0.15, -0.1) is 0 Å². The van der Waals surface area contributed by atoms with E-state index in [9.17, 15) is 18.0 Å². The lowest BCUT2D eigenvalue weighted by molar-refractivity contribution is -0.143. The summed E-state index contributed by atoms with van der Waals surface area (Å²) in [4.78, 5) is 23.9. The van der Waals surface area contributed by atoms with E-state index in [0.717, 1.165) is 34.9 Å². The molecule has 29 heavy (non-hydrogen) atoms. The number of alkyl halides is 3. The highest BCUT2D eigenvalue weighted by Crippen LogP contribution is 2.29. The molecule has 0 radical (unpaired) electrons. The summed E-state index contributed by atoms with van der Waals surface area (Å²) in [7, 11) is 1.13. The Hall–Kier alpha value is -3.69. The zero-order valence-corrected chi connectivity index (χ0v) is 15.4. The molecule has 0 atom stereocenters. The quantitative estimate of drug-likeness (QED) is 0.545. The van der Waals surface area contributed by atoms with Gasteiger partial charge in [0, 0.05) is 53.9 Å². The van der Waals surface area contributed by atoms with E-state index >= 15 is 0 Å². The zero-order chi connectivity index (χ0) is 20.8. The number of fused-ring (bicyclic) bond motifs is 1. The van der Waals surface area contributed by atoms with Crippen LogP contribution >= 0.6 is 0 Å². The first-order valence-electron chi connectivity index (χ1n) is 8.55. The standard InChI is InChI=1S/C19H15F3N6O/c1-10-5-11(3-4-23-10)13-6-12-9-24-17(8-14(12)25-13)26-18(29)15-7-16(19(20,21)22)28(2)27-15/h3-9,25H,1-2H3,(H,24,26,29). The van der Waals surface area contributed by atoms with Crippen molar-refractivity contribution in [1.82, 2.24) is 24.7 Å². The number of carbonyl (C=O) groups is 1. The van der Waals surface area contributed by atoms with Gasteiger partial charge in [-0.2, -0.15) is 18.3 Å². The van der Waals surface area contributed by atoms with E-state index in [4.69, 9.17) is 0 Å². The maximum Gasteiger partial charge on any atom is 0.433 e. The first-order valence-corrected chi connectivity index (χ1v) is 8.55. The van der Waals surface area contributed by atoms with E-state index in [1.807, 2.05) is 25.1 Å². The molecule has 4 heterocycles. The monoisotopic (exact) mass is 400 g/mol.